The summed E-state index contributed by atoms with van der Waals surface area (Å²) in [6, 6.07) is 6.85. The minimum atomic E-state index is 0.377. The lowest BCUT2D eigenvalue weighted by Gasteiger charge is -2.58. The molecule has 3 atom stereocenters. The SMILES string of the molecule is CN1CCC23CCCC[C@H]2[C@@H]1Cc1ccc(O)cc13. The Morgan fingerprint density at radius 2 is 2.16 bits per heavy atom. The zero-order valence-electron chi connectivity index (χ0n) is 11.7. The van der Waals surface area contributed by atoms with Crippen LogP contribution in [0.2, 0.25) is 0 Å². The third-order valence-corrected chi connectivity index (χ3v) is 6.10. The molecule has 1 N–H and O–H groups in total. The Morgan fingerprint density at radius 3 is 3.05 bits per heavy atom. The van der Waals surface area contributed by atoms with Crippen LogP contribution in [-0.2, 0) is 11.8 Å². The van der Waals surface area contributed by atoms with E-state index in [1.165, 1.54) is 56.2 Å². The second-order valence-corrected chi connectivity index (χ2v) is 6.85. The van der Waals surface area contributed by atoms with Gasteiger partial charge in [0.2, 0.25) is 0 Å². The van der Waals surface area contributed by atoms with E-state index >= 15 is 0 Å². The molecule has 0 amide bonds. The predicted molar refractivity (Wildman–Crippen MR) is 76.5 cm³/mol. The fraction of sp³-hybridized carbons (Fsp3) is 0.647. The van der Waals surface area contributed by atoms with Gasteiger partial charge in [0, 0.05) is 11.5 Å². The summed E-state index contributed by atoms with van der Waals surface area (Å²) in [7, 11) is 2.30. The van der Waals surface area contributed by atoms with Crippen LogP contribution in [0.4, 0.5) is 0 Å². The summed E-state index contributed by atoms with van der Waals surface area (Å²) < 4.78 is 0. The van der Waals surface area contributed by atoms with Crippen molar-refractivity contribution >= 4 is 0 Å². The number of phenols is 1. The molecule has 2 bridgehead atoms. The van der Waals surface area contributed by atoms with E-state index in [1.807, 2.05) is 6.07 Å². The number of fused-ring (bicyclic) bond motifs is 1. The molecule has 1 saturated carbocycles. The molecule has 102 valence electrons. The zero-order chi connectivity index (χ0) is 13.0. The van der Waals surface area contributed by atoms with Crippen LogP contribution in [0.5, 0.6) is 5.75 Å². The fourth-order valence-corrected chi connectivity index (χ4v) is 5.18. The van der Waals surface area contributed by atoms with E-state index in [0.717, 1.165) is 12.0 Å². The molecule has 2 fully saturated rings. The lowest BCUT2D eigenvalue weighted by molar-refractivity contribution is 0.00274. The highest BCUT2D eigenvalue weighted by Crippen LogP contribution is 2.55. The Balaban J connectivity index is 1.90. The maximum Gasteiger partial charge on any atom is 0.115 e. The predicted octanol–water partition coefficient (Wildman–Crippen LogP) is 3.08. The normalized spacial score (nSPS) is 37.5. The molecule has 0 radical (unpaired) electrons. The van der Waals surface area contributed by atoms with Gasteiger partial charge < -0.3 is 10.0 Å². The standard InChI is InChI=1S/C17H23NO/c1-18-9-8-17-7-3-2-4-14(17)16(18)10-12-5-6-13(19)11-15(12)17/h5-6,11,14,16,19H,2-4,7-10H2,1H3/t14-,16-,17?/m0/s1. The first kappa shape index (κ1) is 11.8. The van der Waals surface area contributed by atoms with Crippen LogP contribution < -0.4 is 0 Å². The lowest BCUT2D eigenvalue weighted by Crippen LogP contribution is -2.59. The van der Waals surface area contributed by atoms with Crippen molar-refractivity contribution in [3.05, 3.63) is 29.3 Å². The number of aromatic hydroxyl groups is 1. The van der Waals surface area contributed by atoms with E-state index in [0.29, 0.717) is 11.2 Å². The summed E-state index contributed by atoms with van der Waals surface area (Å²) in [6.45, 7) is 1.22. The summed E-state index contributed by atoms with van der Waals surface area (Å²) >= 11 is 0. The lowest BCUT2D eigenvalue weighted by atomic mass is 9.52. The Hall–Kier alpha value is -1.02. The number of piperidine rings is 1. The molecule has 19 heavy (non-hydrogen) atoms. The first-order valence-electron chi connectivity index (χ1n) is 7.73. The topological polar surface area (TPSA) is 23.5 Å². The summed E-state index contributed by atoms with van der Waals surface area (Å²) in [4.78, 5) is 2.59. The second kappa shape index (κ2) is 3.99. The van der Waals surface area contributed by atoms with Gasteiger partial charge in [-0.2, -0.15) is 0 Å². The first-order chi connectivity index (χ1) is 9.21. The van der Waals surface area contributed by atoms with Crippen molar-refractivity contribution in [2.75, 3.05) is 13.6 Å². The van der Waals surface area contributed by atoms with E-state index in [9.17, 15) is 5.11 Å². The Morgan fingerprint density at radius 1 is 1.26 bits per heavy atom. The number of likely N-dealkylation sites (N-methyl/N-ethyl adjacent to an activating group) is 1. The minimum Gasteiger partial charge on any atom is -0.508 e. The number of phenolic OH excluding ortho intramolecular Hbond substituents is 1. The summed E-state index contributed by atoms with van der Waals surface area (Å²) in [5.74, 6) is 1.27. The molecule has 1 unspecified atom stereocenters. The second-order valence-electron chi connectivity index (χ2n) is 6.85. The van der Waals surface area contributed by atoms with Gasteiger partial charge in [-0.05, 0) is 68.5 Å². The van der Waals surface area contributed by atoms with Crippen molar-refractivity contribution in [1.82, 2.24) is 4.90 Å². The fourth-order valence-electron chi connectivity index (χ4n) is 5.18. The van der Waals surface area contributed by atoms with E-state index in [1.54, 1.807) is 0 Å². The van der Waals surface area contributed by atoms with Crippen LogP contribution in [0.3, 0.4) is 0 Å². The van der Waals surface area contributed by atoms with Crippen LogP contribution in [0.1, 0.15) is 43.2 Å². The summed E-state index contributed by atoms with van der Waals surface area (Å²) in [5.41, 5.74) is 3.36. The average Bonchev–Trinajstić information content (AvgIpc) is 2.43. The zero-order valence-corrected chi connectivity index (χ0v) is 11.7. The highest BCUT2D eigenvalue weighted by atomic mass is 16.3. The molecule has 1 aromatic carbocycles. The summed E-state index contributed by atoms with van der Waals surface area (Å²) in [6.07, 6.45) is 7.93. The number of rotatable bonds is 0. The van der Waals surface area contributed by atoms with Gasteiger partial charge in [0.1, 0.15) is 5.75 Å². The molecule has 4 rings (SSSR count). The molecule has 1 aliphatic heterocycles. The van der Waals surface area contributed by atoms with Gasteiger partial charge in [-0.15, -0.1) is 0 Å². The summed E-state index contributed by atoms with van der Waals surface area (Å²) in [5, 5.41) is 9.91. The number of hydrogen-bond donors (Lipinski definition) is 1. The molecule has 1 heterocycles. The van der Waals surface area contributed by atoms with Crippen molar-refractivity contribution in [3.8, 4) is 5.75 Å². The van der Waals surface area contributed by atoms with Gasteiger partial charge in [-0.25, -0.2) is 0 Å². The van der Waals surface area contributed by atoms with Gasteiger partial charge in [-0.3, -0.25) is 0 Å². The maximum absolute atomic E-state index is 9.91. The largest absolute Gasteiger partial charge is 0.508 e. The van der Waals surface area contributed by atoms with Gasteiger partial charge in [0.15, 0.2) is 0 Å². The number of nitrogens with zero attached hydrogens (tertiary/aromatic N) is 1. The van der Waals surface area contributed by atoms with E-state index in [2.05, 4.69) is 24.1 Å². The molecule has 1 aromatic rings. The number of benzene rings is 1. The van der Waals surface area contributed by atoms with Crippen molar-refractivity contribution in [1.29, 1.82) is 0 Å². The molecule has 0 spiro atoms. The van der Waals surface area contributed by atoms with Gasteiger partial charge in [0.05, 0.1) is 0 Å². The van der Waals surface area contributed by atoms with Crippen molar-refractivity contribution < 1.29 is 5.11 Å². The maximum atomic E-state index is 9.91. The molecule has 2 aliphatic carbocycles. The third-order valence-electron chi connectivity index (χ3n) is 6.10. The van der Waals surface area contributed by atoms with E-state index in [-0.39, 0.29) is 0 Å². The van der Waals surface area contributed by atoms with Crippen molar-refractivity contribution in [2.24, 2.45) is 5.92 Å². The molecular formula is C17H23NO. The number of hydrogen-bond acceptors (Lipinski definition) is 2. The average molecular weight is 257 g/mol. The van der Waals surface area contributed by atoms with Crippen molar-refractivity contribution in [2.45, 2.75) is 50.0 Å². The molecular weight excluding hydrogens is 234 g/mol. The Bertz CT molecular complexity index is 512. The monoisotopic (exact) mass is 257 g/mol. The smallest absolute Gasteiger partial charge is 0.115 e. The molecule has 1 saturated heterocycles. The van der Waals surface area contributed by atoms with E-state index in [4.69, 9.17) is 0 Å². The van der Waals surface area contributed by atoms with Crippen LogP contribution >= 0.6 is 0 Å². The highest BCUT2D eigenvalue weighted by Gasteiger charge is 2.52. The quantitative estimate of drug-likeness (QED) is 0.772. The minimum absolute atomic E-state index is 0.377. The van der Waals surface area contributed by atoms with Crippen LogP contribution in [-0.4, -0.2) is 29.6 Å². The third kappa shape index (κ3) is 1.53. The van der Waals surface area contributed by atoms with Crippen LogP contribution in [0, 0.1) is 5.92 Å². The molecule has 2 nitrogen and oxygen atoms in total. The Labute approximate surface area is 115 Å². The molecule has 3 aliphatic rings. The van der Waals surface area contributed by atoms with Crippen LogP contribution in [0.15, 0.2) is 18.2 Å². The van der Waals surface area contributed by atoms with Gasteiger partial charge in [-0.1, -0.05) is 18.9 Å². The molecule has 2 heteroatoms. The van der Waals surface area contributed by atoms with Crippen LogP contribution in [0.25, 0.3) is 0 Å². The van der Waals surface area contributed by atoms with E-state index < -0.39 is 0 Å². The Kier molecular flexibility index (Phi) is 2.47. The first-order valence-corrected chi connectivity index (χ1v) is 7.73. The van der Waals surface area contributed by atoms with Crippen molar-refractivity contribution in [3.63, 3.8) is 0 Å². The molecule has 0 aromatic heterocycles. The number of likely N-dealkylation sites (tertiary alicyclic amines) is 1. The highest BCUT2D eigenvalue weighted by molar-refractivity contribution is 5.45. The van der Waals surface area contributed by atoms with Gasteiger partial charge in [0.25, 0.3) is 0 Å². The van der Waals surface area contributed by atoms with Gasteiger partial charge >= 0.3 is 0 Å².